The summed E-state index contributed by atoms with van der Waals surface area (Å²) in [6.07, 6.45) is 2.53. The van der Waals surface area contributed by atoms with Crippen LogP contribution in [0.2, 0.25) is 5.02 Å². The molecule has 2 saturated heterocycles. The molecule has 46 heavy (non-hydrogen) atoms. The Labute approximate surface area is 267 Å². The summed E-state index contributed by atoms with van der Waals surface area (Å²) in [4.78, 5) is 31.5. The molecule has 13 heteroatoms. The number of nitriles is 1. The van der Waals surface area contributed by atoms with Gasteiger partial charge in [-0.2, -0.15) is 15.2 Å². The number of amides is 1. The Balaban J connectivity index is 1.33. The van der Waals surface area contributed by atoms with E-state index in [4.69, 9.17) is 16.3 Å². The third-order valence-electron chi connectivity index (χ3n) is 9.38. The van der Waals surface area contributed by atoms with Crippen LogP contribution in [0.5, 0.6) is 6.01 Å². The zero-order valence-electron chi connectivity index (χ0n) is 24.9. The van der Waals surface area contributed by atoms with Crippen LogP contribution in [0.3, 0.4) is 0 Å². The van der Waals surface area contributed by atoms with Crippen LogP contribution in [0.25, 0.3) is 32.9 Å². The number of hydrogen-bond donors (Lipinski definition) is 0. The molecule has 2 aromatic carbocycles. The number of ether oxygens (including phenoxy) is 1. The second-order valence-corrected chi connectivity index (χ2v) is 12.5. The normalized spacial score (nSPS) is 22.6. The Morgan fingerprint density at radius 1 is 1.20 bits per heavy atom. The zero-order chi connectivity index (χ0) is 32.3. The van der Waals surface area contributed by atoms with E-state index in [0.29, 0.717) is 40.6 Å². The molecule has 0 bridgehead atoms. The van der Waals surface area contributed by atoms with Gasteiger partial charge in [0.15, 0.2) is 11.6 Å². The highest BCUT2D eigenvalue weighted by atomic mass is 35.5. The number of piperazine rings is 1. The van der Waals surface area contributed by atoms with E-state index in [2.05, 4.69) is 32.5 Å². The van der Waals surface area contributed by atoms with Crippen molar-refractivity contribution in [3.63, 3.8) is 0 Å². The number of benzene rings is 2. The molecule has 2 aromatic heterocycles. The lowest BCUT2D eigenvalue weighted by Gasteiger charge is -2.41. The molecule has 236 valence electrons. The summed E-state index contributed by atoms with van der Waals surface area (Å²) >= 11 is 6.37. The summed E-state index contributed by atoms with van der Waals surface area (Å²) in [5, 5.41) is 10.5. The Hall–Kier alpha value is -4.47. The average Bonchev–Trinajstić information content (AvgIpc) is 3.73. The zero-order valence-corrected chi connectivity index (χ0v) is 25.6. The number of fused-ring (bicyclic) bond motifs is 3. The van der Waals surface area contributed by atoms with Crippen LogP contribution in [-0.2, 0) is 4.79 Å². The first-order valence-corrected chi connectivity index (χ1v) is 15.4. The first-order valence-electron chi connectivity index (χ1n) is 15.0. The summed E-state index contributed by atoms with van der Waals surface area (Å²) in [5.74, 6) is -1.89. The molecule has 1 saturated carbocycles. The van der Waals surface area contributed by atoms with Crippen LogP contribution in [0.4, 0.5) is 19.0 Å². The highest BCUT2D eigenvalue weighted by Gasteiger charge is 2.51. The van der Waals surface area contributed by atoms with Gasteiger partial charge in [0.25, 0.3) is 5.91 Å². The number of hydrogen-bond acceptors (Lipinski definition) is 8. The van der Waals surface area contributed by atoms with Gasteiger partial charge in [0, 0.05) is 49.4 Å². The van der Waals surface area contributed by atoms with Crippen LogP contribution in [0.15, 0.2) is 48.9 Å². The third kappa shape index (κ3) is 5.17. The van der Waals surface area contributed by atoms with Crippen LogP contribution < -0.4 is 9.64 Å². The number of pyridine rings is 1. The molecule has 1 aliphatic carbocycles. The molecule has 4 heterocycles. The molecule has 4 atom stereocenters. The average molecular weight is 648 g/mol. The minimum atomic E-state index is -1.11. The third-order valence-corrected chi connectivity index (χ3v) is 9.75. The summed E-state index contributed by atoms with van der Waals surface area (Å²) < 4.78 is 51.1. The largest absolute Gasteiger partial charge is 0.462 e. The van der Waals surface area contributed by atoms with E-state index in [1.54, 1.807) is 29.2 Å². The Bertz CT molecular complexity index is 1950. The van der Waals surface area contributed by atoms with Crippen molar-refractivity contribution < 1.29 is 22.7 Å². The number of carbonyl (C=O) groups is 1. The van der Waals surface area contributed by atoms with Gasteiger partial charge in [0.2, 0.25) is 0 Å². The predicted octanol–water partition coefficient (Wildman–Crippen LogP) is 5.52. The Morgan fingerprint density at radius 3 is 2.76 bits per heavy atom. The first-order chi connectivity index (χ1) is 22.2. The monoisotopic (exact) mass is 647 g/mol. The van der Waals surface area contributed by atoms with Crippen LogP contribution in [-0.4, -0.2) is 82.6 Å². The summed E-state index contributed by atoms with van der Waals surface area (Å²) in [6, 6.07) is 9.43. The van der Waals surface area contributed by atoms with E-state index >= 15 is 4.39 Å². The van der Waals surface area contributed by atoms with Crippen molar-refractivity contribution in [3.8, 4) is 23.3 Å². The van der Waals surface area contributed by atoms with Gasteiger partial charge in [-0.25, -0.2) is 13.2 Å². The van der Waals surface area contributed by atoms with E-state index in [0.717, 1.165) is 13.0 Å². The van der Waals surface area contributed by atoms with Gasteiger partial charge in [-0.15, -0.1) is 0 Å². The minimum Gasteiger partial charge on any atom is -0.462 e. The lowest BCUT2D eigenvalue weighted by Crippen LogP contribution is -2.55. The van der Waals surface area contributed by atoms with E-state index in [9.17, 15) is 18.8 Å². The fourth-order valence-corrected chi connectivity index (χ4v) is 7.24. The van der Waals surface area contributed by atoms with Crippen LogP contribution in [0.1, 0.15) is 12.8 Å². The SMILES string of the molecule is C=C(F)C(=O)N1CCN(c2nc(OC[C@@H]3[C@@H]4CC4CN3C)nc3c(F)c(-c4cccc5ccc(F)c(Cl)c45)ncc23)C[C@@H]1CC#N. The molecule has 9 nitrogen and oxygen atoms in total. The van der Waals surface area contributed by atoms with E-state index in [-0.39, 0.29) is 59.7 Å². The van der Waals surface area contributed by atoms with Crippen molar-refractivity contribution in [2.24, 2.45) is 11.8 Å². The second kappa shape index (κ2) is 11.7. The number of aromatic nitrogens is 3. The second-order valence-electron chi connectivity index (χ2n) is 12.1. The van der Waals surface area contributed by atoms with Crippen molar-refractivity contribution >= 4 is 45.0 Å². The van der Waals surface area contributed by atoms with Gasteiger partial charge in [0.05, 0.1) is 28.9 Å². The van der Waals surface area contributed by atoms with E-state index in [1.807, 2.05) is 7.05 Å². The number of rotatable bonds is 7. The molecule has 1 amide bonds. The van der Waals surface area contributed by atoms with Crippen molar-refractivity contribution in [2.45, 2.75) is 24.9 Å². The molecule has 4 aromatic rings. The molecule has 0 N–H and O–H groups in total. The molecule has 2 aliphatic heterocycles. The molecule has 0 spiro atoms. The molecule has 3 fully saturated rings. The van der Waals surface area contributed by atoms with Crippen molar-refractivity contribution in [2.75, 3.05) is 44.7 Å². The van der Waals surface area contributed by atoms with Crippen molar-refractivity contribution in [1.82, 2.24) is 24.8 Å². The first kappa shape index (κ1) is 30.2. The van der Waals surface area contributed by atoms with Gasteiger partial charge in [-0.3, -0.25) is 14.7 Å². The van der Waals surface area contributed by atoms with Crippen molar-refractivity contribution in [3.05, 3.63) is 65.6 Å². The number of nitrogens with zero attached hydrogens (tertiary/aromatic N) is 7. The van der Waals surface area contributed by atoms with Gasteiger partial charge in [-0.1, -0.05) is 42.4 Å². The highest BCUT2D eigenvalue weighted by Crippen LogP contribution is 2.49. The predicted molar refractivity (Wildman–Crippen MR) is 167 cm³/mol. The standard InChI is InChI=1S/C33H29ClF3N7O2/c1-17(35)32(45)44-11-10-43(15-20(44)8-9-38)31-23-13-39-29(21-5-3-4-18-6-7-24(36)27(34)26(18)21)28(37)30(23)40-33(41-31)46-16-25-22-12-19(22)14-42(25)2/h3-7,13,19-20,22,25H,1,8,10-12,14-16H2,2H3/t19?,20-,22+,25+/m0/s1. The number of likely N-dealkylation sites (N-methyl/N-ethyl adjacent to an activating group) is 1. The minimum absolute atomic E-state index is 0.0366. The fraction of sp³-hybridized carbons (Fsp3) is 0.364. The Morgan fingerprint density at radius 2 is 2.02 bits per heavy atom. The number of anilines is 1. The fourth-order valence-electron chi connectivity index (χ4n) is 6.97. The van der Waals surface area contributed by atoms with Crippen LogP contribution in [0, 0.1) is 34.8 Å². The maximum Gasteiger partial charge on any atom is 0.319 e. The maximum atomic E-state index is 16.6. The summed E-state index contributed by atoms with van der Waals surface area (Å²) in [6.45, 7) is 4.85. The van der Waals surface area contributed by atoms with Gasteiger partial charge < -0.3 is 14.5 Å². The van der Waals surface area contributed by atoms with E-state index < -0.39 is 29.4 Å². The number of likely N-dealkylation sites (tertiary alicyclic amines) is 1. The molecule has 3 aliphatic rings. The number of piperidine rings is 1. The number of carbonyl (C=O) groups excluding carboxylic acids is 1. The maximum absolute atomic E-state index is 16.6. The summed E-state index contributed by atoms with van der Waals surface area (Å²) in [7, 11) is 2.05. The van der Waals surface area contributed by atoms with Gasteiger partial charge >= 0.3 is 6.01 Å². The molecule has 7 rings (SSSR count). The van der Waals surface area contributed by atoms with Crippen LogP contribution >= 0.6 is 11.6 Å². The Kier molecular flexibility index (Phi) is 7.69. The quantitative estimate of drug-likeness (QED) is 0.242. The highest BCUT2D eigenvalue weighted by molar-refractivity contribution is 6.36. The van der Waals surface area contributed by atoms with E-state index in [1.165, 1.54) is 17.2 Å². The molecule has 0 radical (unpaired) electrons. The number of halogens is 4. The lowest BCUT2D eigenvalue weighted by molar-refractivity contribution is -0.131. The smallest absolute Gasteiger partial charge is 0.319 e. The summed E-state index contributed by atoms with van der Waals surface area (Å²) in [5.41, 5.74) is 0.159. The van der Waals surface area contributed by atoms with Crippen molar-refractivity contribution in [1.29, 1.82) is 5.26 Å². The van der Waals surface area contributed by atoms with Gasteiger partial charge in [0.1, 0.15) is 29.5 Å². The van der Waals surface area contributed by atoms with Gasteiger partial charge in [-0.05, 0) is 36.8 Å². The topological polar surface area (TPSA) is 98.5 Å². The molecule has 1 unspecified atom stereocenters. The lowest BCUT2D eigenvalue weighted by atomic mass is 10.0. The molecular weight excluding hydrogens is 619 g/mol. The molecular formula is C33H29ClF3N7O2.